The van der Waals surface area contributed by atoms with Crippen LogP contribution in [0.4, 0.5) is 0 Å². The summed E-state index contributed by atoms with van der Waals surface area (Å²) in [6.07, 6.45) is 3.37. The Morgan fingerprint density at radius 1 is 1.32 bits per heavy atom. The van der Waals surface area contributed by atoms with Gasteiger partial charge in [-0.15, -0.1) is 0 Å². The van der Waals surface area contributed by atoms with Crippen LogP contribution in [0.1, 0.15) is 43.9 Å². The normalized spacial score (nSPS) is 16.4. The predicted molar refractivity (Wildman–Crippen MR) is 75.9 cm³/mol. The molecular formula is C16H23NO2. The SMILES string of the molecule is COC(=O)C(NC1CC1)c1ccc(CC(C)C)cc1. The zero-order valence-corrected chi connectivity index (χ0v) is 12.0. The third kappa shape index (κ3) is 4.06. The Morgan fingerprint density at radius 2 is 1.95 bits per heavy atom. The molecule has 3 nitrogen and oxygen atoms in total. The molecule has 1 atom stereocenters. The lowest BCUT2D eigenvalue weighted by molar-refractivity contribution is -0.143. The van der Waals surface area contributed by atoms with Gasteiger partial charge in [0.05, 0.1) is 7.11 Å². The zero-order chi connectivity index (χ0) is 13.8. The molecule has 0 aromatic heterocycles. The minimum atomic E-state index is -0.328. The van der Waals surface area contributed by atoms with Crippen LogP contribution >= 0.6 is 0 Å². The Bertz CT molecular complexity index is 421. The largest absolute Gasteiger partial charge is 0.468 e. The molecule has 3 heteroatoms. The van der Waals surface area contributed by atoms with E-state index in [0.717, 1.165) is 24.8 Å². The van der Waals surface area contributed by atoms with Crippen molar-refractivity contribution < 1.29 is 9.53 Å². The first-order chi connectivity index (χ1) is 9.10. The summed E-state index contributed by atoms with van der Waals surface area (Å²) in [5, 5.41) is 3.34. The van der Waals surface area contributed by atoms with Crippen molar-refractivity contribution in [2.75, 3.05) is 7.11 Å². The molecule has 1 fully saturated rings. The van der Waals surface area contributed by atoms with Crippen molar-refractivity contribution in [3.8, 4) is 0 Å². The molecule has 19 heavy (non-hydrogen) atoms. The van der Waals surface area contributed by atoms with E-state index in [1.165, 1.54) is 12.7 Å². The average Bonchev–Trinajstić information content (AvgIpc) is 3.19. The Morgan fingerprint density at radius 3 is 2.42 bits per heavy atom. The topological polar surface area (TPSA) is 38.3 Å². The van der Waals surface area contributed by atoms with Crippen LogP contribution in [0.25, 0.3) is 0 Å². The zero-order valence-electron chi connectivity index (χ0n) is 12.0. The molecular weight excluding hydrogens is 238 g/mol. The van der Waals surface area contributed by atoms with Gasteiger partial charge in [0.15, 0.2) is 0 Å². The maximum atomic E-state index is 11.9. The summed E-state index contributed by atoms with van der Waals surface area (Å²) in [6.45, 7) is 4.42. The number of esters is 1. The lowest BCUT2D eigenvalue weighted by Gasteiger charge is -2.17. The Balaban J connectivity index is 2.09. The van der Waals surface area contributed by atoms with Crippen molar-refractivity contribution in [1.29, 1.82) is 0 Å². The number of methoxy groups -OCH3 is 1. The molecule has 0 aliphatic heterocycles. The Kier molecular flexibility index (Phi) is 4.59. The monoisotopic (exact) mass is 261 g/mol. The minimum Gasteiger partial charge on any atom is -0.468 e. The van der Waals surface area contributed by atoms with Crippen molar-refractivity contribution in [3.63, 3.8) is 0 Å². The summed E-state index contributed by atoms with van der Waals surface area (Å²) in [6, 6.07) is 8.44. The molecule has 2 rings (SSSR count). The molecule has 1 aromatic carbocycles. The van der Waals surface area contributed by atoms with Crippen molar-refractivity contribution in [1.82, 2.24) is 5.32 Å². The highest BCUT2D eigenvalue weighted by molar-refractivity contribution is 5.77. The summed E-state index contributed by atoms with van der Waals surface area (Å²) in [7, 11) is 1.44. The molecule has 104 valence electrons. The van der Waals surface area contributed by atoms with E-state index in [2.05, 4.69) is 31.3 Å². The van der Waals surface area contributed by atoms with Crippen LogP contribution in [-0.2, 0) is 16.0 Å². The lowest BCUT2D eigenvalue weighted by Crippen LogP contribution is -2.31. The first kappa shape index (κ1) is 14.1. The van der Waals surface area contributed by atoms with Crippen LogP contribution in [0.3, 0.4) is 0 Å². The van der Waals surface area contributed by atoms with Crippen molar-refractivity contribution in [3.05, 3.63) is 35.4 Å². The summed E-state index contributed by atoms with van der Waals surface area (Å²) in [5.74, 6) is 0.440. The predicted octanol–water partition coefficient (Wildman–Crippen LogP) is 2.85. The molecule has 1 aliphatic carbocycles. The second-order valence-corrected chi connectivity index (χ2v) is 5.74. The molecule has 0 saturated heterocycles. The lowest BCUT2D eigenvalue weighted by atomic mass is 9.99. The van der Waals surface area contributed by atoms with E-state index in [1.807, 2.05) is 12.1 Å². The van der Waals surface area contributed by atoms with Crippen LogP contribution in [0, 0.1) is 5.92 Å². The molecule has 1 aliphatic rings. The van der Waals surface area contributed by atoms with E-state index in [0.29, 0.717) is 12.0 Å². The fourth-order valence-corrected chi connectivity index (χ4v) is 2.22. The smallest absolute Gasteiger partial charge is 0.327 e. The molecule has 0 amide bonds. The molecule has 0 spiro atoms. The number of benzene rings is 1. The van der Waals surface area contributed by atoms with E-state index in [4.69, 9.17) is 4.74 Å². The Hall–Kier alpha value is -1.35. The highest BCUT2D eigenvalue weighted by Crippen LogP contribution is 2.25. The number of ether oxygens (including phenoxy) is 1. The molecule has 0 heterocycles. The molecule has 1 aromatic rings. The first-order valence-electron chi connectivity index (χ1n) is 7.03. The number of carbonyl (C=O) groups is 1. The second-order valence-electron chi connectivity index (χ2n) is 5.74. The van der Waals surface area contributed by atoms with Gasteiger partial charge in [-0.25, -0.2) is 4.79 Å². The van der Waals surface area contributed by atoms with E-state index >= 15 is 0 Å². The number of nitrogens with one attached hydrogen (secondary N) is 1. The molecule has 0 radical (unpaired) electrons. The standard InChI is InChI=1S/C16H23NO2/c1-11(2)10-12-4-6-13(7-5-12)15(16(18)19-3)17-14-8-9-14/h4-7,11,14-15,17H,8-10H2,1-3H3. The van der Waals surface area contributed by atoms with Crippen molar-refractivity contribution in [2.45, 2.75) is 45.2 Å². The van der Waals surface area contributed by atoms with E-state index in [-0.39, 0.29) is 12.0 Å². The second kappa shape index (κ2) is 6.20. The van der Waals surface area contributed by atoms with Gasteiger partial charge in [0.2, 0.25) is 0 Å². The number of rotatable bonds is 6. The van der Waals surface area contributed by atoms with Crippen LogP contribution < -0.4 is 5.32 Å². The van der Waals surface area contributed by atoms with Gasteiger partial charge in [0.1, 0.15) is 6.04 Å². The number of carbonyl (C=O) groups excluding carboxylic acids is 1. The van der Waals surface area contributed by atoms with Gasteiger partial charge in [0.25, 0.3) is 0 Å². The van der Waals surface area contributed by atoms with Gasteiger partial charge in [-0.05, 0) is 36.3 Å². The molecule has 1 saturated carbocycles. The molecule has 0 bridgehead atoms. The summed E-state index contributed by atoms with van der Waals surface area (Å²) >= 11 is 0. The number of hydrogen-bond donors (Lipinski definition) is 1. The summed E-state index contributed by atoms with van der Waals surface area (Å²) in [4.78, 5) is 11.9. The van der Waals surface area contributed by atoms with Crippen LogP contribution in [-0.4, -0.2) is 19.1 Å². The maximum Gasteiger partial charge on any atom is 0.327 e. The summed E-state index contributed by atoms with van der Waals surface area (Å²) in [5.41, 5.74) is 2.31. The fraction of sp³-hybridized carbons (Fsp3) is 0.562. The van der Waals surface area contributed by atoms with Crippen LogP contribution in [0.5, 0.6) is 0 Å². The number of hydrogen-bond acceptors (Lipinski definition) is 3. The van der Waals surface area contributed by atoms with Gasteiger partial charge in [-0.2, -0.15) is 0 Å². The Labute approximate surface area is 115 Å². The fourth-order valence-electron chi connectivity index (χ4n) is 2.22. The summed E-state index contributed by atoms with van der Waals surface area (Å²) < 4.78 is 4.89. The maximum absolute atomic E-state index is 11.9. The van der Waals surface area contributed by atoms with E-state index in [1.54, 1.807) is 0 Å². The minimum absolute atomic E-state index is 0.205. The van der Waals surface area contributed by atoms with Crippen molar-refractivity contribution in [2.24, 2.45) is 5.92 Å². The van der Waals surface area contributed by atoms with Gasteiger partial charge in [-0.3, -0.25) is 5.32 Å². The van der Waals surface area contributed by atoms with Gasteiger partial charge in [0, 0.05) is 6.04 Å². The van der Waals surface area contributed by atoms with Crippen LogP contribution in [0.15, 0.2) is 24.3 Å². The first-order valence-corrected chi connectivity index (χ1v) is 7.03. The van der Waals surface area contributed by atoms with E-state index in [9.17, 15) is 4.79 Å². The van der Waals surface area contributed by atoms with Crippen molar-refractivity contribution >= 4 is 5.97 Å². The van der Waals surface area contributed by atoms with Gasteiger partial charge in [-0.1, -0.05) is 38.1 Å². The average molecular weight is 261 g/mol. The molecule has 1 unspecified atom stereocenters. The highest BCUT2D eigenvalue weighted by Gasteiger charge is 2.29. The molecule has 1 N–H and O–H groups in total. The van der Waals surface area contributed by atoms with Gasteiger partial charge < -0.3 is 4.74 Å². The van der Waals surface area contributed by atoms with Gasteiger partial charge >= 0.3 is 5.97 Å². The van der Waals surface area contributed by atoms with E-state index < -0.39 is 0 Å². The quantitative estimate of drug-likeness (QED) is 0.800. The third-order valence-electron chi connectivity index (χ3n) is 3.37. The van der Waals surface area contributed by atoms with Crippen LogP contribution in [0.2, 0.25) is 0 Å². The third-order valence-corrected chi connectivity index (χ3v) is 3.37. The highest BCUT2D eigenvalue weighted by atomic mass is 16.5.